The molecule has 0 nitrogen and oxygen atoms in total. The van der Waals surface area contributed by atoms with Gasteiger partial charge >= 0.3 is 451 Å². The fourth-order valence-corrected chi connectivity index (χ4v) is 3.40. The molecule has 0 bridgehead atoms. The Morgan fingerprint density at radius 3 is 0.310 bits per heavy atom. The van der Waals surface area contributed by atoms with Gasteiger partial charge in [0, 0.05) is 0 Å². The second kappa shape index (κ2) is 36.9. The number of rotatable bonds is 10. The third kappa shape index (κ3) is 63.0. The van der Waals surface area contributed by atoms with E-state index in [4.69, 9.17) is 20.0 Å². The summed E-state index contributed by atoms with van der Waals surface area (Å²) in [6, 6.07) is 0. The maximum atomic E-state index is 5.81. The van der Waals surface area contributed by atoms with E-state index in [2.05, 4.69) is 321 Å². The zero-order valence-electron chi connectivity index (χ0n) is 45.4. The fourth-order valence-electron chi connectivity index (χ4n) is 0.218. The van der Waals surface area contributed by atoms with E-state index in [1.165, 1.54) is 0 Å². The van der Waals surface area contributed by atoms with Gasteiger partial charge in [0.05, 0.1) is 0 Å². The van der Waals surface area contributed by atoms with E-state index in [-0.39, 0.29) is 29.0 Å². The van der Waals surface area contributed by atoms with Gasteiger partial charge in [0.15, 0.2) is 0 Å². The van der Waals surface area contributed by atoms with Gasteiger partial charge in [-0.25, -0.2) is 0 Å². The molecular formula is C48H104Cl2Ge8. The van der Waals surface area contributed by atoms with Crippen molar-refractivity contribution in [2.75, 3.05) is 0 Å². The first kappa shape index (κ1) is 80.0. The number of hydrogen-bond donors (Lipinski definition) is 0. The number of halogens is 2. The van der Waals surface area contributed by atoms with E-state index in [1.807, 2.05) is 0 Å². The summed E-state index contributed by atoms with van der Waals surface area (Å²) >= 11 is 13.1. The van der Waals surface area contributed by atoms with Crippen molar-refractivity contribution in [1.29, 1.82) is 0 Å². The normalized spacial score (nSPS) is 12.8. The van der Waals surface area contributed by atoms with Crippen LogP contribution in [0.5, 0.6) is 0 Å². The zero-order chi connectivity index (χ0) is 50.0. The molecule has 0 aliphatic carbocycles. The van der Waals surface area contributed by atoms with E-state index >= 15 is 0 Å². The van der Waals surface area contributed by atoms with Crippen molar-refractivity contribution in [3.8, 4) is 0 Å². The average Bonchev–Trinajstić information content (AvgIpc) is 2.96. The predicted octanol–water partition coefficient (Wildman–Crippen LogP) is 17.5. The summed E-state index contributed by atoms with van der Waals surface area (Å²) in [6.45, 7) is 72.0. The molecule has 0 aromatic carbocycles. The molecule has 10 heteroatoms. The SMILES string of the molecule is CC(C)[C](C)(C)[Ge].CC(C)[C](C)(C)[Ge].CC(C)[C](C)(C)[Ge].CC(C)[C](C)(C)[Ge].CC(C)[C](C)(C)[Ge].CC(C)[C](C)(C)[Ge].CC(C)[C](C)(C)[Ge][Cl].CC(C)[C](C)(C)[Ge][Cl]. The summed E-state index contributed by atoms with van der Waals surface area (Å²) in [6.07, 6.45) is 0. The van der Waals surface area contributed by atoms with Crippen molar-refractivity contribution < 1.29 is 0 Å². The van der Waals surface area contributed by atoms with Crippen LogP contribution in [0.25, 0.3) is 0 Å². The first-order valence-electron chi connectivity index (χ1n) is 21.9. The van der Waals surface area contributed by atoms with Crippen molar-refractivity contribution in [3.05, 3.63) is 0 Å². The molecule has 342 valence electrons. The summed E-state index contributed by atoms with van der Waals surface area (Å²) in [7, 11) is 11.6. The Balaban J connectivity index is -0.0000000822. The van der Waals surface area contributed by atoms with Crippen LogP contribution in [0, 0.1) is 47.3 Å². The van der Waals surface area contributed by atoms with Gasteiger partial charge in [-0.05, 0) is 0 Å². The van der Waals surface area contributed by atoms with Crippen LogP contribution in [-0.4, -0.2) is 128 Å². The summed E-state index contributed by atoms with van der Waals surface area (Å²) in [5.74, 6) is 6.26. The fraction of sp³-hybridized carbons (Fsp3) is 1.00. The second-order valence-corrected chi connectivity index (χ2v) is 47.6. The van der Waals surface area contributed by atoms with E-state index < -0.39 is 0 Å². The topological polar surface area (TPSA) is 0 Å². The standard InChI is InChI=1S/2C6H13ClGe.6C6H13Ge/c2*1-5(2)6(3,4)8-7;6*1-5(2)6(3,4)7/h2*5H,1-4H3;6*5H,1-4H3. The first-order chi connectivity index (χ1) is 24.7. The van der Waals surface area contributed by atoms with Crippen LogP contribution >= 0.6 is 20.0 Å². The molecule has 0 spiro atoms. The molecule has 0 heterocycles. The van der Waals surface area contributed by atoms with Gasteiger partial charge < -0.3 is 0 Å². The van der Waals surface area contributed by atoms with Crippen molar-refractivity contribution in [1.82, 2.24) is 0 Å². The van der Waals surface area contributed by atoms with Crippen molar-refractivity contribution in [2.45, 2.75) is 256 Å². The zero-order valence-corrected chi connectivity index (χ0v) is 63.7. The van der Waals surface area contributed by atoms with E-state index in [0.29, 0.717) is 34.0 Å². The van der Waals surface area contributed by atoms with E-state index in [9.17, 15) is 0 Å². The van der Waals surface area contributed by atoms with Crippen LogP contribution in [0.2, 0.25) is 34.0 Å². The van der Waals surface area contributed by atoms with Crippen LogP contribution in [0.15, 0.2) is 0 Å². The molecule has 0 saturated heterocycles. The van der Waals surface area contributed by atoms with Crippen molar-refractivity contribution in [2.24, 2.45) is 47.3 Å². The van der Waals surface area contributed by atoms with Gasteiger partial charge in [-0.1, -0.05) is 0 Å². The van der Waals surface area contributed by atoms with Gasteiger partial charge in [0.2, 0.25) is 0 Å². The third-order valence-corrected chi connectivity index (χ3v) is 28.8. The Morgan fingerprint density at radius 1 is 0.241 bits per heavy atom. The Hall–Kier alpha value is 4.92. The van der Waals surface area contributed by atoms with Gasteiger partial charge in [-0.2, -0.15) is 0 Å². The van der Waals surface area contributed by atoms with Crippen LogP contribution < -0.4 is 0 Å². The molecule has 0 unspecified atom stereocenters. The number of hydrogen-bond acceptors (Lipinski definition) is 0. The molecule has 0 aliphatic rings. The molecule has 0 aromatic rings. The maximum absolute atomic E-state index is 5.81. The second-order valence-electron chi connectivity index (χ2n) is 23.2. The molecule has 0 aliphatic heterocycles. The van der Waals surface area contributed by atoms with Crippen molar-refractivity contribution in [3.63, 3.8) is 0 Å². The molecule has 22 radical (unpaired) electrons. The van der Waals surface area contributed by atoms with Gasteiger partial charge in [0.25, 0.3) is 0 Å². The summed E-state index contributed by atoms with van der Waals surface area (Å²) in [4.78, 5) is 0. The van der Waals surface area contributed by atoms with Gasteiger partial charge in [0.1, 0.15) is 0 Å². The molecule has 0 rings (SSSR count). The van der Waals surface area contributed by atoms with E-state index in [1.54, 1.807) is 0 Å². The summed E-state index contributed by atoms with van der Waals surface area (Å²) in [5, 5.41) is 0. The average molecular weight is 1330 g/mol. The van der Waals surface area contributed by atoms with Crippen LogP contribution in [-0.2, 0) is 0 Å². The minimum atomic E-state index is -0.225. The summed E-state index contributed by atoms with van der Waals surface area (Å²) < 4.78 is 3.86. The monoisotopic (exact) mass is 1340 g/mol. The molecular weight excluding hydrogens is 1230 g/mol. The Bertz CT molecular complexity index is 724. The Kier molecular flexibility index (Phi) is 50.9. The third-order valence-electron chi connectivity index (χ3n) is 12.0. The van der Waals surface area contributed by atoms with Gasteiger partial charge in [-0.3, -0.25) is 0 Å². The molecule has 0 N–H and O–H groups in total. The van der Waals surface area contributed by atoms with Crippen LogP contribution in [0.3, 0.4) is 0 Å². The molecule has 58 heavy (non-hydrogen) atoms. The van der Waals surface area contributed by atoms with Crippen LogP contribution in [0.4, 0.5) is 0 Å². The molecule has 0 saturated carbocycles. The Labute approximate surface area is 445 Å². The quantitative estimate of drug-likeness (QED) is 0.191. The van der Waals surface area contributed by atoms with E-state index in [0.717, 1.165) is 47.3 Å². The first-order valence-corrected chi connectivity index (χ1v) is 35.8. The van der Waals surface area contributed by atoms with Gasteiger partial charge in [-0.15, -0.1) is 0 Å². The Morgan fingerprint density at radius 2 is 0.310 bits per heavy atom. The predicted molar refractivity (Wildman–Crippen MR) is 289 cm³/mol. The summed E-state index contributed by atoms with van der Waals surface area (Å²) in [5.41, 5.74) is 0. The molecule has 0 aromatic heterocycles. The molecule has 0 fully saturated rings. The molecule has 0 amide bonds. The van der Waals surface area contributed by atoms with Crippen molar-refractivity contribution >= 4 is 148 Å². The minimum absolute atomic E-state index is 0.225. The molecule has 0 atom stereocenters. The van der Waals surface area contributed by atoms with Crippen LogP contribution in [0.1, 0.15) is 222 Å².